The number of aromatic nitrogens is 2. The van der Waals surface area contributed by atoms with Crippen LogP contribution in [0.5, 0.6) is 0 Å². The average molecular weight is 430 g/mol. The van der Waals surface area contributed by atoms with E-state index in [1.165, 1.54) is 31.5 Å². The molecule has 2 aromatic carbocycles. The number of imidazole rings is 1. The van der Waals surface area contributed by atoms with E-state index in [0.717, 1.165) is 40.9 Å². The Morgan fingerprint density at radius 2 is 1.81 bits per heavy atom. The maximum absolute atomic E-state index is 11.3. The molecule has 0 amide bonds. The fourth-order valence-corrected chi connectivity index (χ4v) is 4.64. The molecule has 5 rings (SSSR count). The molecule has 2 aromatic heterocycles. The number of hydrogen-bond donors (Lipinski definition) is 0. The Hall–Kier alpha value is -2.95. The maximum atomic E-state index is 11.3. The van der Waals surface area contributed by atoms with E-state index in [9.17, 15) is 4.79 Å². The summed E-state index contributed by atoms with van der Waals surface area (Å²) >= 11 is 6.13. The fourth-order valence-electron chi connectivity index (χ4n) is 4.44. The molecule has 31 heavy (non-hydrogen) atoms. The van der Waals surface area contributed by atoms with Crippen LogP contribution in [-0.2, 0) is 13.0 Å². The van der Waals surface area contributed by atoms with Gasteiger partial charge in [-0.15, -0.1) is 0 Å². The van der Waals surface area contributed by atoms with Gasteiger partial charge in [0.1, 0.15) is 11.9 Å². The molecule has 1 fully saturated rings. The topological polar surface area (TPSA) is 37.6 Å². The number of aldehydes is 1. The molecule has 0 N–H and O–H groups in total. The number of carbonyl (C=O) groups excluding carboxylic acids is 1. The van der Waals surface area contributed by atoms with Gasteiger partial charge in [-0.05, 0) is 67.7 Å². The van der Waals surface area contributed by atoms with Crippen LogP contribution in [0.4, 0.5) is 0 Å². The van der Waals surface area contributed by atoms with E-state index in [2.05, 4.69) is 51.9 Å². The zero-order valence-electron chi connectivity index (χ0n) is 17.3. The van der Waals surface area contributed by atoms with Crippen LogP contribution in [-0.4, -0.2) is 33.7 Å². The molecule has 0 aliphatic carbocycles. The molecule has 0 radical (unpaired) electrons. The van der Waals surface area contributed by atoms with Crippen LogP contribution in [0.15, 0.2) is 67.0 Å². The van der Waals surface area contributed by atoms with E-state index in [0.29, 0.717) is 17.0 Å². The minimum Gasteiger partial charge on any atom is -0.299 e. The summed E-state index contributed by atoms with van der Waals surface area (Å²) in [5.74, 6) is 0. The summed E-state index contributed by atoms with van der Waals surface area (Å²) in [5.41, 5.74) is 7.27. The summed E-state index contributed by atoms with van der Waals surface area (Å²) in [7, 11) is 0. The van der Waals surface area contributed by atoms with Crippen LogP contribution >= 0.6 is 11.6 Å². The normalized spacial score (nSPS) is 14.4. The molecule has 1 aliphatic rings. The van der Waals surface area contributed by atoms with Gasteiger partial charge in [-0.1, -0.05) is 41.9 Å². The molecule has 0 spiro atoms. The van der Waals surface area contributed by atoms with Crippen LogP contribution in [0, 0.1) is 0 Å². The number of carbonyl (C=O) groups is 1. The van der Waals surface area contributed by atoms with Gasteiger partial charge in [0, 0.05) is 34.5 Å². The first-order valence-electron chi connectivity index (χ1n) is 10.7. The lowest BCUT2D eigenvalue weighted by molar-refractivity contribution is 0.112. The van der Waals surface area contributed by atoms with Gasteiger partial charge < -0.3 is 0 Å². The van der Waals surface area contributed by atoms with Crippen molar-refractivity contribution in [3.63, 3.8) is 0 Å². The van der Waals surface area contributed by atoms with E-state index in [1.807, 2.05) is 12.3 Å². The SMILES string of the molecule is O=Cc1ccc(Cl)cc1Cc1ccc(-c2cnc3c(CN4CCCC4)cccn23)cc1. The van der Waals surface area contributed by atoms with Crippen molar-refractivity contribution in [2.24, 2.45) is 0 Å². The molecular formula is C26H24ClN3O. The van der Waals surface area contributed by atoms with Gasteiger partial charge in [0.15, 0.2) is 0 Å². The molecule has 3 heterocycles. The van der Waals surface area contributed by atoms with Crippen molar-refractivity contribution in [2.45, 2.75) is 25.8 Å². The number of fused-ring (bicyclic) bond motifs is 1. The summed E-state index contributed by atoms with van der Waals surface area (Å²) in [4.78, 5) is 18.6. The highest BCUT2D eigenvalue weighted by molar-refractivity contribution is 6.30. The molecule has 5 heteroatoms. The van der Waals surface area contributed by atoms with Gasteiger partial charge in [-0.25, -0.2) is 4.98 Å². The van der Waals surface area contributed by atoms with Crippen molar-refractivity contribution in [2.75, 3.05) is 13.1 Å². The van der Waals surface area contributed by atoms with Crippen molar-refractivity contribution in [1.29, 1.82) is 0 Å². The van der Waals surface area contributed by atoms with E-state index in [4.69, 9.17) is 16.6 Å². The quantitative estimate of drug-likeness (QED) is 0.371. The van der Waals surface area contributed by atoms with E-state index >= 15 is 0 Å². The molecule has 1 saturated heterocycles. The van der Waals surface area contributed by atoms with Crippen LogP contribution in [0.25, 0.3) is 16.9 Å². The molecule has 0 saturated carbocycles. The summed E-state index contributed by atoms with van der Waals surface area (Å²) < 4.78 is 2.18. The monoisotopic (exact) mass is 429 g/mol. The highest BCUT2D eigenvalue weighted by atomic mass is 35.5. The van der Waals surface area contributed by atoms with E-state index in [-0.39, 0.29) is 0 Å². The molecule has 0 unspecified atom stereocenters. The fraction of sp³-hybridized carbons (Fsp3) is 0.231. The first-order valence-corrected chi connectivity index (χ1v) is 11.1. The van der Waals surface area contributed by atoms with Crippen molar-refractivity contribution < 1.29 is 4.79 Å². The Balaban J connectivity index is 1.41. The Morgan fingerprint density at radius 3 is 2.58 bits per heavy atom. The van der Waals surface area contributed by atoms with Crippen molar-refractivity contribution in [3.05, 3.63) is 94.3 Å². The smallest absolute Gasteiger partial charge is 0.150 e. The van der Waals surface area contributed by atoms with Crippen LogP contribution in [0.2, 0.25) is 5.02 Å². The second kappa shape index (κ2) is 8.66. The van der Waals surface area contributed by atoms with E-state index < -0.39 is 0 Å². The Kier molecular flexibility index (Phi) is 5.58. The third-order valence-electron chi connectivity index (χ3n) is 6.09. The van der Waals surface area contributed by atoms with Gasteiger partial charge >= 0.3 is 0 Å². The third kappa shape index (κ3) is 4.14. The highest BCUT2D eigenvalue weighted by Gasteiger charge is 2.15. The zero-order valence-corrected chi connectivity index (χ0v) is 18.1. The lowest BCUT2D eigenvalue weighted by atomic mass is 9.99. The average Bonchev–Trinajstić information content (AvgIpc) is 3.45. The number of benzene rings is 2. The number of nitrogens with zero attached hydrogens (tertiary/aromatic N) is 3. The third-order valence-corrected chi connectivity index (χ3v) is 6.32. The van der Waals surface area contributed by atoms with Crippen molar-refractivity contribution in [3.8, 4) is 11.3 Å². The Labute approximate surface area is 187 Å². The minimum absolute atomic E-state index is 0.646. The number of halogens is 1. The maximum Gasteiger partial charge on any atom is 0.150 e. The molecule has 4 nitrogen and oxygen atoms in total. The highest BCUT2D eigenvalue weighted by Crippen LogP contribution is 2.25. The standard InChI is InChI=1S/C26H24ClN3O/c27-24-10-9-22(18-31)23(15-24)14-19-5-7-20(8-6-19)25-16-28-26-21(4-3-13-30(25)26)17-29-11-1-2-12-29/h3-10,13,15-16,18H,1-2,11-12,14,17H2. The van der Waals surface area contributed by atoms with Gasteiger partial charge in [0.2, 0.25) is 0 Å². The molecule has 0 bridgehead atoms. The predicted molar refractivity (Wildman–Crippen MR) is 125 cm³/mol. The molecule has 156 valence electrons. The zero-order chi connectivity index (χ0) is 21.2. The van der Waals surface area contributed by atoms with Crippen LogP contribution in [0.1, 0.15) is 39.9 Å². The first kappa shape index (κ1) is 20.0. The lowest BCUT2D eigenvalue weighted by Gasteiger charge is -2.15. The van der Waals surface area contributed by atoms with Crippen LogP contribution in [0.3, 0.4) is 0 Å². The molecular weight excluding hydrogens is 406 g/mol. The second-order valence-electron chi connectivity index (χ2n) is 8.19. The number of likely N-dealkylation sites (tertiary alicyclic amines) is 1. The number of hydrogen-bond acceptors (Lipinski definition) is 3. The number of rotatable bonds is 6. The van der Waals surface area contributed by atoms with Gasteiger partial charge in [0.25, 0.3) is 0 Å². The van der Waals surface area contributed by atoms with Gasteiger partial charge in [-0.2, -0.15) is 0 Å². The Morgan fingerprint density at radius 1 is 1.00 bits per heavy atom. The van der Waals surface area contributed by atoms with Crippen molar-refractivity contribution in [1.82, 2.24) is 14.3 Å². The van der Waals surface area contributed by atoms with Crippen LogP contribution < -0.4 is 0 Å². The molecule has 0 atom stereocenters. The summed E-state index contributed by atoms with van der Waals surface area (Å²) in [6.45, 7) is 3.31. The lowest BCUT2D eigenvalue weighted by Crippen LogP contribution is -2.18. The summed E-state index contributed by atoms with van der Waals surface area (Å²) in [6.07, 6.45) is 8.18. The Bertz CT molecular complexity index is 1220. The largest absolute Gasteiger partial charge is 0.299 e. The molecule has 1 aliphatic heterocycles. The summed E-state index contributed by atoms with van der Waals surface area (Å²) in [5, 5.41) is 0.646. The minimum atomic E-state index is 0.646. The van der Waals surface area contributed by atoms with Gasteiger partial charge in [-0.3, -0.25) is 14.1 Å². The van der Waals surface area contributed by atoms with Gasteiger partial charge in [0.05, 0.1) is 11.9 Å². The van der Waals surface area contributed by atoms with Crippen molar-refractivity contribution >= 4 is 23.5 Å². The first-order chi connectivity index (χ1) is 15.2. The second-order valence-corrected chi connectivity index (χ2v) is 8.62. The van der Waals surface area contributed by atoms with E-state index in [1.54, 1.807) is 12.1 Å². The summed E-state index contributed by atoms with van der Waals surface area (Å²) in [6, 6.07) is 18.1. The molecule has 4 aromatic rings. The number of pyridine rings is 1. The predicted octanol–water partition coefficient (Wildman–Crippen LogP) is 5.65.